The van der Waals surface area contributed by atoms with E-state index in [0.29, 0.717) is 17.2 Å². The lowest BCUT2D eigenvalue weighted by Gasteiger charge is -2.14. The van der Waals surface area contributed by atoms with Gasteiger partial charge < -0.3 is 10.6 Å². The van der Waals surface area contributed by atoms with Gasteiger partial charge in [0.2, 0.25) is 5.95 Å². The van der Waals surface area contributed by atoms with Crippen LogP contribution in [0.1, 0.15) is 41.0 Å². The average Bonchev–Trinajstić information content (AvgIpc) is 2.74. The molecule has 6 nitrogen and oxygen atoms in total. The summed E-state index contributed by atoms with van der Waals surface area (Å²) in [4.78, 5) is 21.1. The van der Waals surface area contributed by atoms with Crippen molar-refractivity contribution in [1.29, 1.82) is 5.26 Å². The Kier molecular flexibility index (Phi) is 5.97. The number of para-hydroxylation sites is 1. The van der Waals surface area contributed by atoms with Crippen molar-refractivity contribution in [2.75, 3.05) is 10.6 Å². The molecular weight excluding hydrogens is 350 g/mol. The van der Waals surface area contributed by atoms with Crippen molar-refractivity contribution in [3.8, 4) is 6.07 Å². The summed E-state index contributed by atoms with van der Waals surface area (Å²) in [5.41, 5.74) is 4.74. The summed E-state index contributed by atoms with van der Waals surface area (Å²) in [6.07, 6.45) is 3.33. The van der Waals surface area contributed by atoms with Gasteiger partial charge in [0, 0.05) is 17.6 Å². The van der Waals surface area contributed by atoms with Gasteiger partial charge in [0.25, 0.3) is 5.91 Å². The summed E-state index contributed by atoms with van der Waals surface area (Å²) in [6, 6.07) is 16.5. The largest absolute Gasteiger partial charge is 0.324 e. The van der Waals surface area contributed by atoms with Gasteiger partial charge in [-0.05, 0) is 54.3 Å². The van der Waals surface area contributed by atoms with E-state index in [0.717, 1.165) is 18.5 Å². The Morgan fingerprint density at radius 2 is 1.71 bits per heavy atom. The Hall–Kier alpha value is -3.72. The van der Waals surface area contributed by atoms with Crippen LogP contribution >= 0.6 is 0 Å². The molecule has 3 aromatic rings. The number of benzene rings is 2. The molecule has 0 spiro atoms. The van der Waals surface area contributed by atoms with Gasteiger partial charge in [-0.3, -0.25) is 4.79 Å². The number of aromatic nitrogens is 2. The van der Waals surface area contributed by atoms with Crippen LogP contribution in [0.2, 0.25) is 0 Å². The Balaban J connectivity index is 1.81. The highest BCUT2D eigenvalue weighted by Gasteiger charge is 2.12. The highest BCUT2D eigenvalue weighted by molar-refractivity contribution is 6.03. The minimum Gasteiger partial charge on any atom is -0.324 e. The molecule has 0 unspecified atom stereocenters. The van der Waals surface area contributed by atoms with E-state index in [4.69, 9.17) is 5.26 Å². The van der Waals surface area contributed by atoms with Crippen LogP contribution in [0.3, 0.4) is 0 Å². The predicted molar refractivity (Wildman–Crippen MR) is 110 cm³/mol. The summed E-state index contributed by atoms with van der Waals surface area (Å²) >= 11 is 0. The van der Waals surface area contributed by atoms with Crippen LogP contribution in [0.15, 0.2) is 54.7 Å². The first-order chi connectivity index (χ1) is 13.6. The lowest BCUT2D eigenvalue weighted by molar-refractivity contribution is 0.102. The third-order valence-electron chi connectivity index (χ3n) is 4.40. The van der Waals surface area contributed by atoms with Crippen molar-refractivity contribution >= 4 is 23.2 Å². The number of amides is 1. The van der Waals surface area contributed by atoms with E-state index < -0.39 is 0 Å². The van der Waals surface area contributed by atoms with Crippen LogP contribution in [0, 0.1) is 11.3 Å². The molecule has 0 aliphatic carbocycles. The van der Waals surface area contributed by atoms with Crippen molar-refractivity contribution in [2.45, 2.75) is 26.7 Å². The molecule has 2 aromatic carbocycles. The predicted octanol–water partition coefficient (Wildman–Crippen LogP) is 4.47. The lowest BCUT2D eigenvalue weighted by Crippen LogP contribution is -2.15. The maximum atomic E-state index is 12.5. The number of nitrogens with zero attached hydrogens (tertiary/aromatic N) is 3. The van der Waals surface area contributed by atoms with E-state index in [2.05, 4.69) is 46.6 Å². The van der Waals surface area contributed by atoms with E-state index in [1.165, 1.54) is 11.1 Å². The SMILES string of the molecule is CCc1cccc(CC)c1Nc1nccc(C(=O)Nc2ccc(C#N)cc2)n1. The molecule has 0 fully saturated rings. The standard InChI is InChI=1S/C22H21N5O/c1-3-16-6-5-7-17(4-2)20(16)27-22-24-13-12-19(26-22)21(28)25-18-10-8-15(14-23)9-11-18/h5-13H,3-4H2,1-2H3,(H,25,28)(H,24,26,27). The van der Waals surface area contributed by atoms with E-state index in [-0.39, 0.29) is 11.6 Å². The maximum Gasteiger partial charge on any atom is 0.274 e. The summed E-state index contributed by atoms with van der Waals surface area (Å²) in [5, 5.41) is 14.9. The summed E-state index contributed by atoms with van der Waals surface area (Å²) < 4.78 is 0. The first kappa shape index (κ1) is 19.1. The smallest absolute Gasteiger partial charge is 0.274 e. The van der Waals surface area contributed by atoms with E-state index in [1.807, 2.05) is 12.1 Å². The van der Waals surface area contributed by atoms with Crippen molar-refractivity contribution < 1.29 is 4.79 Å². The zero-order valence-electron chi connectivity index (χ0n) is 15.9. The number of hydrogen-bond acceptors (Lipinski definition) is 5. The zero-order chi connectivity index (χ0) is 19.9. The minimum absolute atomic E-state index is 0.258. The topological polar surface area (TPSA) is 90.7 Å². The van der Waals surface area contributed by atoms with Gasteiger partial charge >= 0.3 is 0 Å². The molecule has 1 heterocycles. The van der Waals surface area contributed by atoms with Gasteiger partial charge in [-0.15, -0.1) is 0 Å². The molecule has 1 amide bonds. The fourth-order valence-electron chi connectivity index (χ4n) is 2.88. The number of carbonyl (C=O) groups is 1. The molecule has 6 heteroatoms. The Labute approximate surface area is 164 Å². The summed E-state index contributed by atoms with van der Waals surface area (Å²) in [6.45, 7) is 4.20. The van der Waals surface area contributed by atoms with Crippen LogP contribution in [0.4, 0.5) is 17.3 Å². The Bertz CT molecular complexity index is 1000. The highest BCUT2D eigenvalue weighted by Crippen LogP contribution is 2.25. The van der Waals surface area contributed by atoms with Crippen LogP contribution in [0.5, 0.6) is 0 Å². The van der Waals surface area contributed by atoms with Crippen LogP contribution in [0.25, 0.3) is 0 Å². The van der Waals surface area contributed by atoms with Gasteiger partial charge in [-0.1, -0.05) is 32.0 Å². The van der Waals surface area contributed by atoms with Gasteiger partial charge in [-0.25, -0.2) is 9.97 Å². The molecule has 1 aromatic heterocycles. The minimum atomic E-state index is -0.338. The zero-order valence-corrected chi connectivity index (χ0v) is 15.9. The van der Waals surface area contributed by atoms with Crippen molar-refractivity contribution in [2.24, 2.45) is 0 Å². The summed E-state index contributed by atoms with van der Waals surface area (Å²) in [7, 11) is 0. The molecule has 3 rings (SSSR count). The second-order valence-electron chi connectivity index (χ2n) is 6.19. The number of anilines is 3. The van der Waals surface area contributed by atoms with Crippen molar-refractivity contribution in [3.63, 3.8) is 0 Å². The summed E-state index contributed by atoms with van der Waals surface area (Å²) in [5.74, 6) is 0.0396. The molecule has 0 radical (unpaired) electrons. The quantitative estimate of drug-likeness (QED) is 0.667. The van der Waals surface area contributed by atoms with Gasteiger partial charge in [0.1, 0.15) is 5.69 Å². The lowest BCUT2D eigenvalue weighted by atomic mass is 10.0. The molecule has 140 valence electrons. The average molecular weight is 371 g/mol. The number of rotatable bonds is 6. The van der Waals surface area contributed by atoms with E-state index in [9.17, 15) is 4.79 Å². The van der Waals surface area contributed by atoms with Crippen LogP contribution in [-0.2, 0) is 12.8 Å². The van der Waals surface area contributed by atoms with Crippen LogP contribution < -0.4 is 10.6 Å². The molecule has 0 atom stereocenters. The number of nitriles is 1. The third-order valence-corrected chi connectivity index (χ3v) is 4.40. The van der Waals surface area contributed by atoms with Crippen LogP contribution in [-0.4, -0.2) is 15.9 Å². The molecule has 2 N–H and O–H groups in total. The Morgan fingerprint density at radius 3 is 2.32 bits per heavy atom. The first-order valence-electron chi connectivity index (χ1n) is 9.17. The van der Waals surface area contributed by atoms with Crippen molar-refractivity contribution in [1.82, 2.24) is 9.97 Å². The fraction of sp³-hybridized carbons (Fsp3) is 0.182. The highest BCUT2D eigenvalue weighted by atomic mass is 16.1. The molecule has 0 aliphatic heterocycles. The molecule has 0 aliphatic rings. The molecular formula is C22H21N5O. The van der Waals surface area contributed by atoms with Gasteiger partial charge in [0.05, 0.1) is 11.6 Å². The monoisotopic (exact) mass is 371 g/mol. The van der Waals surface area contributed by atoms with E-state index in [1.54, 1.807) is 36.5 Å². The second-order valence-corrected chi connectivity index (χ2v) is 6.19. The first-order valence-corrected chi connectivity index (χ1v) is 9.17. The van der Waals surface area contributed by atoms with Gasteiger partial charge in [-0.2, -0.15) is 5.26 Å². The molecule has 0 saturated heterocycles. The molecule has 28 heavy (non-hydrogen) atoms. The maximum absolute atomic E-state index is 12.5. The number of carbonyl (C=O) groups excluding carboxylic acids is 1. The number of aryl methyl sites for hydroxylation is 2. The molecule has 0 bridgehead atoms. The Morgan fingerprint density at radius 1 is 1.04 bits per heavy atom. The fourth-order valence-corrected chi connectivity index (χ4v) is 2.88. The molecule has 0 saturated carbocycles. The van der Waals surface area contributed by atoms with Gasteiger partial charge in [0.15, 0.2) is 0 Å². The third kappa shape index (κ3) is 4.33. The van der Waals surface area contributed by atoms with E-state index >= 15 is 0 Å². The van der Waals surface area contributed by atoms with Crippen molar-refractivity contribution in [3.05, 3.63) is 77.1 Å². The number of hydrogen-bond donors (Lipinski definition) is 2. The second kappa shape index (κ2) is 8.78. The normalized spacial score (nSPS) is 10.2. The number of nitrogens with one attached hydrogen (secondary N) is 2.